The Morgan fingerprint density at radius 2 is 1.77 bits per heavy atom. The van der Waals surface area contributed by atoms with Crippen LogP contribution in [0.5, 0.6) is 0 Å². The van der Waals surface area contributed by atoms with Crippen LogP contribution in [0.1, 0.15) is 22.6 Å². The first kappa shape index (κ1) is 17.7. The maximum Gasteiger partial charge on any atom is 0.239 e. The molecule has 0 atom stereocenters. The van der Waals surface area contributed by atoms with Crippen molar-refractivity contribution in [1.82, 2.24) is 15.8 Å². The molecule has 2 amide bonds. The van der Waals surface area contributed by atoms with Crippen molar-refractivity contribution in [3.63, 3.8) is 0 Å². The van der Waals surface area contributed by atoms with Gasteiger partial charge in [0, 0.05) is 12.1 Å². The van der Waals surface area contributed by atoms with Gasteiger partial charge in [-0.15, -0.1) is 0 Å². The SMILES string of the molecule is Cc1noc(C)c1CNC(=O)CNC(=O)Cc1cccc2ccccc12. The van der Waals surface area contributed by atoms with E-state index in [9.17, 15) is 9.59 Å². The van der Waals surface area contributed by atoms with Gasteiger partial charge in [0.2, 0.25) is 11.8 Å². The predicted molar refractivity (Wildman–Crippen MR) is 98.5 cm³/mol. The maximum absolute atomic E-state index is 12.2. The van der Waals surface area contributed by atoms with E-state index in [4.69, 9.17) is 4.52 Å². The van der Waals surface area contributed by atoms with Crippen LogP contribution < -0.4 is 10.6 Å². The van der Waals surface area contributed by atoms with Gasteiger partial charge in [0.15, 0.2) is 0 Å². The minimum atomic E-state index is -0.253. The van der Waals surface area contributed by atoms with Crippen LogP contribution in [0.25, 0.3) is 10.8 Å². The van der Waals surface area contributed by atoms with Gasteiger partial charge in [-0.25, -0.2) is 0 Å². The van der Waals surface area contributed by atoms with E-state index >= 15 is 0 Å². The van der Waals surface area contributed by atoms with Crippen molar-refractivity contribution < 1.29 is 14.1 Å². The molecule has 3 aromatic rings. The number of rotatable bonds is 6. The summed E-state index contributed by atoms with van der Waals surface area (Å²) < 4.78 is 5.06. The molecule has 6 nitrogen and oxygen atoms in total. The average molecular weight is 351 g/mol. The van der Waals surface area contributed by atoms with Crippen LogP contribution in [0.3, 0.4) is 0 Å². The normalized spacial score (nSPS) is 10.7. The van der Waals surface area contributed by atoms with Crippen LogP contribution in [0, 0.1) is 13.8 Å². The van der Waals surface area contributed by atoms with E-state index in [-0.39, 0.29) is 24.8 Å². The monoisotopic (exact) mass is 351 g/mol. The van der Waals surface area contributed by atoms with Crippen LogP contribution >= 0.6 is 0 Å². The van der Waals surface area contributed by atoms with Gasteiger partial charge in [-0.1, -0.05) is 47.6 Å². The zero-order valence-electron chi connectivity index (χ0n) is 14.8. The third-order valence-electron chi connectivity index (χ3n) is 4.32. The molecule has 6 heteroatoms. The molecule has 0 radical (unpaired) electrons. The molecule has 0 saturated carbocycles. The van der Waals surface area contributed by atoms with Crippen molar-refractivity contribution in [2.45, 2.75) is 26.8 Å². The molecule has 2 N–H and O–H groups in total. The van der Waals surface area contributed by atoms with Crippen molar-refractivity contribution in [1.29, 1.82) is 0 Å². The topological polar surface area (TPSA) is 84.2 Å². The lowest BCUT2D eigenvalue weighted by molar-refractivity contribution is -0.125. The summed E-state index contributed by atoms with van der Waals surface area (Å²) in [4.78, 5) is 24.1. The van der Waals surface area contributed by atoms with Crippen molar-refractivity contribution in [3.8, 4) is 0 Å². The highest BCUT2D eigenvalue weighted by Gasteiger charge is 2.12. The molecule has 0 unspecified atom stereocenters. The van der Waals surface area contributed by atoms with Crippen LogP contribution in [0.4, 0.5) is 0 Å². The second kappa shape index (κ2) is 7.82. The summed E-state index contributed by atoms with van der Waals surface area (Å²) in [7, 11) is 0. The summed E-state index contributed by atoms with van der Waals surface area (Å²) >= 11 is 0. The van der Waals surface area contributed by atoms with Crippen molar-refractivity contribution >= 4 is 22.6 Å². The van der Waals surface area contributed by atoms with E-state index in [1.54, 1.807) is 6.92 Å². The first-order valence-corrected chi connectivity index (χ1v) is 8.46. The minimum absolute atomic E-state index is 0.0625. The molecule has 0 saturated heterocycles. The molecule has 134 valence electrons. The first-order chi connectivity index (χ1) is 12.5. The van der Waals surface area contributed by atoms with Crippen LogP contribution in [-0.2, 0) is 22.6 Å². The van der Waals surface area contributed by atoms with Crippen molar-refractivity contribution in [2.24, 2.45) is 0 Å². The van der Waals surface area contributed by atoms with Gasteiger partial charge in [-0.3, -0.25) is 9.59 Å². The number of nitrogens with one attached hydrogen (secondary N) is 2. The second-order valence-corrected chi connectivity index (χ2v) is 6.17. The lowest BCUT2D eigenvalue weighted by Crippen LogP contribution is -2.37. The number of hydrogen-bond donors (Lipinski definition) is 2. The van der Waals surface area contributed by atoms with Gasteiger partial charge in [0.1, 0.15) is 5.76 Å². The van der Waals surface area contributed by atoms with E-state index in [0.717, 1.165) is 27.6 Å². The maximum atomic E-state index is 12.2. The fourth-order valence-electron chi connectivity index (χ4n) is 2.86. The summed E-state index contributed by atoms with van der Waals surface area (Å²) in [5, 5.41) is 11.4. The zero-order chi connectivity index (χ0) is 18.5. The number of aromatic nitrogens is 1. The molecule has 1 heterocycles. The summed E-state index contributed by atoms with van der Waals surface area (Å²) in [6.45, 7) is 3.89. The highest BCUT2D eigenvalue weighted by atomic mass is 16.5. The lowest BCUT2D eigenvalue weighted by atomic mass is 10.0. The Labute approximate surface area is 151 Å². The highest BCUT2D eigenvalue weighted by Crippen LogP contribution is 2.18. The molecule has 2 aromatic carbocycles. The zero-order valence-corrected chi connectivity index (χ0v) is 14.8. The molecule has 1 aromatic heterocycles. The lowest BCUT2D eigenvalue weighted by Gasteiger charge is -2.08. The van der Waals surface area contributed by atoms with Crippen LogP contribution in [-0.4, -0.2) is 23.5 Å². The van der Waals surface area contributed by atoms with Gasteiger partial charge in [-0.2, -0.15) is 0 Å². The standard InChI is InChI=1S/C20H21N3O3/c1-13-18(14(2)26-23-13)11-21-20(25)12-22-19(24)10-16-8-5-7-15-6-3-4-9-17(15)16/h3-9H,10-12H2,1-2H3,(H,21,25)(H,22,24). The van der Waals surface area contributed by atoms with Gasteiger partial charge in [0.25, 0.3) is 0 Å². The number of benzene rings is 2. The van der Waals surface area contributed by atoms with E-state index in [0.29, 0.717) is 12.3 Å². The van der Waals surface area contributed by atoms with Crippen LogP contribution in [0.2, 0.25) is 0 Å². The fourth-order valence-corrected chi connectivity index (χ4v) is 2.86. The number of carbonyl (C=O) groups excluding carboxylic acids is 2. The number of aryl methyl sites for hydroxylation is 2. The van der Waals surface area contributed by atoms with E-state index < -0.39 is 0 Å². The van der Waals surface area contributed by atoms with Gasteiger partial charge < -0.3 is 15.2 Å². The summed E-state index contributed by atoms with van der Waals surface area (Å²) in [6, 6.07) is 13.8. The Hall–Kier alpha value is -3.15. The Morgan fingerprint density at radius 1 is 1.00 bits per heavy atom. The molecule has 0 aliphatic carbocycles. The predicted octanol–water partition coefficient (Wildman–Crippen LogP) is 2.42. The fraction of sp³-hybridized carbons (Fsp3) is 0.250. The third kappa shape index (κ3) is 4.08. The van der Waals surface area contributed by atoms with Gasteiger partial charge in [0.05, 0.1) is 18.7 Å². The molecule has 0 aliphatic heterocycles. The molecule has 0 bridgehead atoms. The molecular formula is C20H21N3O3. The molecule has 26 heavy (non-hydrogen) atoms. The summed E-state index contributed by atoms with van der Waals surface area (Å²) in [5.41, 5.74) is 2.56. The molecule has 0 spiro atoms. The number of fused-ring (bicyclic) bond motifs is 1. The van der Waals surface area contributed by atoms with Crippen molar-refractivity contribution in [2.75, 3.05) is 6.54 Å². The Bertz CT molecular complexity index is 922. The van der Waals surface area contributed by atoms with Gasteiger partial charge in [-0.05, 0) is 30.2 Å². The number of hydrogen-bond acceptors (Lipinski definition) is 4. The molecular weight excluding hydrogens is 330 g/mol. The minimum Gasteiger partial charge on any atom is -0.361 e. The van der Waals surface area contributed by atoms with Crippen molar-refractivity contribution in [3.05, 3.63) is 65.0 Å². The summed E-state index contributed by atoms with van der Waals surface area (Å²) in [6.07, 6.45) is 0.235. The average Bonchev–Trinajstić information content (AvgIpc) is 2.96. The van der Waals surface area contributed by atoms with E-state index in [2.05, 4.69) is 15.8 Å². The quantitative estimate of drug-likeness (QED) is 0.714. The molecule has 0 aliphatic rings. The largest absolute Gasteiger partial charge is 0.361 e. The smallest absolute Gasteiger partial charge is 0.239 e. The number of nitrogens with zero attached hydrogens (tertiary/aromatic N) is 1. The number of carbonyl (C=O) groups is 2. The highest BCUT2D eigenvalue weighted by molar-refractivity contribution is 5.91. The second-order valence-electron chi connectivity index (χ2n) is 6.17. The third-order valence-corrected chi connectivity index (χ3v) is 4.32. The molecule has 0 fully saturated rings. The number of amides is 2. The molecule has 3 rings (SSSR count). The summed E-state index contributed by atoms with van der Waals surface area (Å²) in [5.74, 6) is 0.243. The van der Waals surface area contributed by atoms with Crippen LogP contribution in [0.15, 0.2) is 47.0 Å². The Kier molecular flexibility index (Phi) is 5.31. The van der Waals surface area contributed by atoms with Gasteiger partial charge >= 0.3 is 0 Å². The van der Waals surface area contributed by atoms with E-state index in [1.807, 2.05) is 49.4 Å². The van der Waals surface area contributed by atoms with E-state index in [1.165, 1.54) is 0 Å². The first-order valence-electron chi connectivity index (χ1n) is 8.46. The Morgan fingerprint density at radius 3 is 2.54 bits per heavy atom. The Balaban J connectivity index is 1.51.